The fourth-order valence-corrected chi connectivity index (χ4v) is 2.99. The summed E-state index contributed by atoms with van der Waals surface area (Å²) in [5.74, 6) is 2.76. The maximum atomic E-state index is 5.75. The zero-order valence-electron chi connectivity index (χ0n) is 14.5. The van der Waals surface area contributed by atoms with E-state index in [0.717, 1.165) is 18.7 Å². The van der Waals surface area contributed by atoms with Crippen molar-refractivity contribution in [2.45, 2.75) is 66.0 Å². The molecule has 0 aliphatic heterocycles. The molecule has 1 atom stereocenters. The SMILES string of the molecule is Cc1nc2c(n1Cc1nc([C@@H](C)OCC(C)C)no1)CCCC2. The van der Waals surface area contributed by atoms with Crippen molar-refractivity contribution in [3.05, 3.63) is 28.9 Å². The number of hydrogen-bond donors (Lipinski definition) is 0. The maximum Gasteiger partial charge on any atom is 0.246 e. The average molecular weight is 318 g/mol. The van der Waals surface area contributed by atoms with Crippen molar-refractivity contribution in [1.82, 2.24) is 19.7 Å². The molecule has 3 rings (SSSR count). The minimum Gasteiger partial charge on any atom is -0.370 e. The van der Waals surface area contributed by atoms with Gasteiger partial charge < -0.3 is 13.8 Å². The summed E-state index contributed by atoms with van der Waals surface area (Å²) < 4.78 is 13.4. The summed E-state index contributed by atoms with van der Waals surface area (Å²) in [6.07, 6.45) is 4.49. The zero-order chi connectivity index (χ0) is 16.4. The van der Waals surface area contributed by atoms with Crippen LogP contribution in [0.1, 0.15) is 68.6 Å². The van der Waals surface area contributed by atoms with E-state index in [2.05, 4.69) is 33.5 Å². The van der Waals surface area contributed by atoms with Gasteiger partial charge in [-0.2, -0.15) is 4.98 Å². The van der Waals surface area contributed by atoms with Crippen molar-refractivity contribution in [3.8, 4) is 0 Å². The summed E-state index contributed by atoms with van der Waals surface area (Å²) in [5, 5.41) is 4.07. The second-order valence-corrected chi connectivity index (χ2v) is 6.76. The van der Waals surface area contributed by atoms with Crippen LogP contribution >= 0.6 is 0 Å². The Hall–Kier alpha value is -1.69. The lowest BCUT2D eigenvalue weighted by molar-refractivity contribution is 0.0402. The van der Waals surface area contributed by atoms with E-state index >= 15 is 0 Å². The van der Waals surface area contributed by atoms with Gasteiger partial charge in [-0.05, 0) is 45.4 Å². The molecular formula is C17H26N4O2. The molecule has 126 valence electrons. The van der Waals surface area contributed by atoms with Crippen LogP contribution in [0.5, 0.6) is 0 Å². The molecule has 23 heavy (non-hydrogen) atoms. The molecule has 0 bridgehead atoms. The minimum absolute atomic E-state index is 0.146. The van der Waals surface area contributed by atoms with Gasteiger partial charge in [0.05, 0.1) is 5.69 Å². The number of nitrogens with zero attached hydrogens (tertiary/aromatic N) is 4. The van der Waals surface area contributed by atoms with Gasteiger partial charge in [0, 0.05) is 12.3 Å². The molecule has 0 unspecified atom stereocenters. The van der Waals surface area contributed by atoms with E-state index in [-0.39, 0.29) is 6.10 Å². The zero-order valence-corrected chi connectivity index (χ0v) is 14.5. The largest absolute Gasteiger partial charge is 0.370 e. The molecule has 0 spiro atoms. The standard InChI is InChI=1S/C17H26N4O2/c1-11(2)10-22-12(3)17-19-16(23-20-17)9-21-13(4)18-14-7-5-6-8-15(14)21/h11-12H,5-10H2,1-4H3/t12-/m1/s1. The number of ether oxygens (including phenoxy) is 1. The van der Waals surface area contributed by atoms with Crippen LogP contribution in [0.25, 0.3) is 0 Å². The molecular weight excluding hydrogens is 292 g/mol. The topological polar surface area (TPSA) is 66.0 Å². The molecule has 0 aromatic carbocycles. The van der Waals surface area contributed by atoms with Gasteiger partial charge in [-0.15, -0.1) is 0 Å². The Morgan fingerprint density at radius 1 is 1.17 bits per heavy atom. The van der Waals surface area contributed by atoms with Crippen LogP contribution in [0, 0.1) is 12.8 Å². The fraction of sp³-hybridized carbons (Fsp3) is 0.706. The lowest BCUT2D eigenvalue weighted by Crippen LogP contribution is -2.11. The van der Waals surface area contributed by atoms with E-state index in [1.165, 1.54) is 24.2 Å². The first-order chi connectivity index (χ1) is 11.0. The van der Waals surface area contributed by atoms with Gasteiger partial charge in [0.1, 0.15) is 18.5 Å². The highest BCUT2D eigenvalue weighted by Gasteiger charge is 2.20. The number of hydrogen-bond acceptors (Lipinski definition) is 5. The number of aromatic nitrogens is 4. The summed E-state index contributed by atoms with van der Waals surface area (Å²) in [6, 6.07) is 0. The van der Waals surface area contributed by atoms with E-state index < -0.39 is 0 Å². The smallest absolute Gasteiger partial charge is 0.246 e. The normalized spacial score (nSPS) is 15.9. The Kier molecular flexibility index (Phi) is 4.80. The highest BCUT2D eigenvalue weighted by molar-refractivity contribution is 5.20. The lowest BCUT2D eigenvalue weighted by atomic mass is 10.0. The molecule has 6 nitrogen and oxygen atoms in total. The summed E-state index contributed by atoms with van der Waals surface area (Å²) in [5.41, 5.74) is 2.57. The van der Waals surface area contributed by atoms with Crippen molar-refractivity contribution in [2.24, 2.45) is 5.92 Å². The third-order valence-electron chi connectivity index (χ3n) is 4.24. The molecule has 0 radical (unpaired) electrons. The molecule has 0 saturated carbocycles. The van der Waals surface area contributed by atoms with Gasteiger partial charge in [0.2, 0.25) is 5.89 Å². The Morgan fingerprint density at radius 2 is 1.96 bits per heavy atom. The van der Waals surface area contributed by atoms with E-state index in [1.54, 1.807) is 0 Å². The Balaban J connectivity index is 1.71. The van der Waals surface area contributed by atoms with Crippen LogP contribution in [0.15, 0.2) is 4.52 Å². The number of rotatable bonds is 6. The molecule has 0 amide bonds. The molecule has 0 N–H and O–H groups in total. The predicted octanol–water partition coefficient (Wildman–Crippen LogP) is 3.24. The van der Waals surface area contributed by atoms with Gasteiger partial charge in [-0.25, -0.2) is 4.98 Å². The van der Waals surface area contributed by atoms with Crippen molar-refractivity contribution in [1.29, 1.82) is 0 Å². The highest BCUT2D eigenvalue weighted by atomic mass is 16.5. The first-order valence-electron chi connectivity index (χ1n) is 8.53. The average Bonchev–Trinajstić information content (AvgIpc) is 3.11. The predicted molar refractivity (Wildman–Crippen MR) is 86.2 cm³/mol. The molecule has 1 aliphatic rings. The first-order valence-corrected chi connectivity index (χ1v) is 8.53. The van der Waals surface area contributed by atoms with Crippen LogP contribution < -0.4 is 0 Å². The van der Waals surface area contributed by atoms with Crippen LogP contribution in [0.3, 0.4) is 0 Å². The van der Waals surface area contributed by atoms with Gasteiger partial charge in [-0.1, -0.05) is 19.0 Å². The molecule has 0 saturated heterocycles. The summed E-state index contributed by atoms with van der Waals surface area (Å²) in [4.78, 5) is 9.19. The number of fused-ring (bicyclic) bond motifs is 1. The van der Waals surface area contributed by atoms with Gasteiger partial charge in [0.25, 0.3) is 0 Å². The van der Waals surface area contributed by atoms with Crippen molar-refractivity contribution in [2.75, 3.05) is 6.61 Å². The molecule has 0 fully saturated rings. The summed E-state index contributed by atoms with van der Waals surface area (Å²) >= 11 is 0. The minimum atomic E-state index is -0.146. The van der Waals surface area contributed by atoms with Crippen molar-refractivity contribution in [3.63, 3.8) is 0 Å². The molecule has 2 heterocycles. The second-order valence-electron chi connectivity index (χ2n) is 6.76. The van der Waals surface area contributed by atoms with E-state index in [0.29, 0.717) is 30.8 Å². The van der Waals surface area contributed by atoms with Crippen LogP contribution in [-0.2, 0) is 24.1 Å². The number of imidazole rings is 1. The third kappa shape index (κ3) is 3.63. The van der Waals surface area contributed by atoms with E-state index in [1.807, 2.05) is 13.8 Å². The van der Waals surface area contributed by atoms with Gasteiger partial charge in [-0.3, -0.25) is 0 Å². The Morgan fingerprint density at radius 3 is 2.74 bits per heavy atom. The first kappa shape index (κ1) is 16.2. The monoisotopic (exact) mass is 318 g/mol. The number of aryl methyl sites for hydroxylation is 2. The van der Waals surface area contributed by atoms with Crippen molar-refractivity contribution < 1.29 is 9.26 Å². The summed E-state index contributed by atoms with van der Waals surface area (Å²) in [6.45, 7) is 9.54. The Bertz CT molecular complexity index is 660. The maximum absolute atomic E-state index is 5.75. The van der Waals surface area contributed by atoms with Gasteiger partial charge in [0.15, 0.2) is 5.82 Å². The van der Waals surface area contributed by atoms with E-state index in [4.69, 9.17) is 9.26 Å². The van der Waals surface area contributed by atoms with Crippen LogP contribution in [-0.4, -0.2) is 26.3 Å². The molecule has 2 aromatic rings. The van der Waals surface area contributed by atoms with Crippen LogP contribution in [0.2, 0.25) is 0 Å². The fourth-order valence-electron chi connectivity index (χ4n) is 2.99. The molecule has 6 heteroatoms. The quantitative estimate of drug-likeness (QED) is 0.818. The highest BCUT2D eigenvalue weighted by Crippen LogP contribution is 2.23. The van der Waals surface area contributed by atoms with E-state index in [9.17, 15) is 0 Å². The molecule has 2 aromatic heterocycles. The molecule has 1 aliphatic carbocycles. The van der Waals surface area contributed by atoms with Crippen LogP contribution in [0.4, 0.5) is 0 Å². The lowest BCUT2D eigenvalue weighted by Gasteiger charge is -2.13. The van der Waals surface area contributed by atoms with Gasteiger partial charge >= 0.3 is 0 Å². The van der Waals surface area contributed by atoms with Crippen molar-refractivity contribution >= 4 is 0 Å². The third-order valence-corrected chi connectivity index (χ3v) is 4.24. The second kappa shape index (κ2) is 6.83. The Labute approximate surface area is 137 Å². The summed E-state index contributed by atoms with van der Waals surface area (Å²) in [7, 11) is 0.